The van der Waals surface area contributed by atoms with Gasteiger partial charge in [-0.15, -0.1) is 6.58 Å². The second kappa shape index (κ2) is 15.7. The number of nitrogens with zero attached hydrogens (tertiary/aromatic N) is 1. The molecule has 0 spiro atoms. The lowest BCUT2D eigenvalue weighted by Crippen LogP contribution is -2.29. The molecule has 0 N–H and O–H groups in total. The van der Waals surface area contributed by atoms with Gasteiger partial charge in [0.15, 0.2) is 0 Å². The molecule has 8 aromatic carbocycles. The van der Waals surface area contributed by atoms with Crippen molar-refractivity contribution >= 4 is 32.8 Å². The van der Waals surface area contributed by atoms with Crippen molar-refractivity contribution in [2.45, 2.75) is 17.8 Å². The number of benzene rings is 8. The molecule has 0 aromatic heterocycles. The van der Waals surface area contributed by atoms with Gasteiger partial charge in [0.1, 0.15) is 0 Å². The average molecular weight is 744 g/mol. The Balaban J connectivity index is 1.23. The molecular weight excluding hydrogens is 699 g/mol. The highest BCUT2D eigenvalue weighted by atomic mass is 15.1. The molecule has 0 heterocycles. The van der Waals surface area contributed by atoms with E-state index in [2.05, 4.69) is 224 Å². The average Bonchev–Trinajstić information content (AvgIpc) is 3.58. The standard InChI is InChI=1S/C57H45N/c1-4-20-51(42-21-9-6-10-22-42)41(3)58(49-29-19-24-44(40-49)45-35-36-53-46(39-45)34-33-43-23-15-16-30-52(43)53)38-37-56-50(5-2)54-31-17-18-32-55(54)57(56,47-25-11-7-12-26-47)48-27-13-8-14-28-48/h4-19,21-40,51H,1-3,20H2/b38-37+. The van der Waals surface area contributed by atoms with Gasteiger partial charge in [-0.1, -0.05) is 201 Å². The van der Waals surface area contributed by atoms with E-state index in [-0.39, 0.29) is 5.92 Å². The molecule has 1 aliphatic carbocycles. The van der Waals surface area contributed by atoms with Gasteiger partial charge in [0.2, 0.25) is 0 Å². The maximum Gasteiger partial charge on any atom is 0.0714 e. The number of fused-ring (bicyclic) bond motifs is 4. The molecule has 0 fully saturated rings. The van der Waals surface area contributed by atoms with Crippen molar-refractivity contribution in [2.24, 2.45) is 0 Å². The third kappa shape index (κ3) is 6.32. The Labute approximate surface area is 342 Å². The first-order valence-corrected chi connectivity index (χ1v) is 20.0. The van der Waals surface area contributed by atoms with Gasteiger partial charge >= 0.3 is 0 Å². The molecule has 0 aliphatic heterocycles. The highest BCUT2D eigenvalue weighted by Crippen LogP contribution is 2.55. The van der Waals surface area contributed by atoms with Gasteiger partial charge in [-0.3, -0.25) is 0 Å². The lowest BCUT2D eigenvalue weighted by atomic mass is 9.67. The summed E-state index contributed by atoms with van der Waals surface area (Å²) in [6.45, 7) is 13.5. The minimum absolute atomic E-state index is 0.00240. The minimum atomic E-state index is -0.580. The molecule has 9 rings (SSSR count). The van der Waals surface area contributed by atoms with Crippen LogP contribution in [0.15, 0.2) is 250 Å². The van der Waals surface area contributed by atoms with E-state index in [1.165, 1.54) is 54.9 Å². The van der Waals surface area contributed by atoms with Crippen molar-refractivity contribution in [3.8, 4) is 11.1 Å². The van der Waals surface area contributed by atoms with Crippen LogP contribution in [0.25, 0.3) is 38.2 Å². The predicted octanol–water partition coefficient (Wildman–Crippen LogP) is 14.8. The molecule has 278 valence electrons. The topological polar surface area (TPSA) is 3.24 Å². The van der Waals surface area contributed by atoms with Crippen molar-refractivity contribution in [3.63, 3.8) is 0 Å². The third-order valence-corrected chi connectivity index (χ3v) is 11.8. The smallest absolute Gasteiger partial charge is 0.0714 e. The van der Waals surface area contributed by atoms with Crippen molar-refractivity contribution < 1.29 is 0 Å². The summed E-state index contributed by atoms with van der Waals surface area (Å²) in [6.07, 6.45) is 9.32. The van der Waals surface area contributed by atoms with Crippen molar-refractivity contribution in [1.82, 2.24) is 0 Å². The minimum Gasteiger partial charge on any atom is -0.321 e. The van der Waals surface area contributed by atoms with Crippen LogP contribution in [0.2, 0.25) is 0 Å². The van der Waals surface area contributed by atoms with Crippen LogP contribution >= 0.6 is 0 Å². The molecule has 0 amide bonds. The monoisotopic (exact) mass is 743 g/mol. The molecule has 1 heteroatoms. The largest absolute Gasteiger partial charge is 0.321 e. The van der Waals surface area contributed by atoms with Gasteiger partial charge in [-0.25, -0.2) is 0 Å². The van der Waals surface area contributed by atoms with E-state index in [9.17, 15) is 0 Å². The highest BCUT2D eigenvalue weighted by molar-refractivity contribution is 6.08. The summed E-state index contributed by atoms with van der Waals surface area (Å²) in [5.74, 6) is 0.00240. The second-order valence-corrected chi connectivity index (χ2v) is 15.0. The summed E-state index contributed by atoms with van der Waals surface area (Å²) >= 11 is 0. The van der Waals surface area contributed by atoms with Gasteiger partial charge in [-0.2, -0.15) is 0 Å². The maximum atomic E-state index is 4.87. The van der Waals surface area contributed by atoms with Crippen LogP contribution in [0, 0.1) is 0 Å². The SMILES string of the molecule is C=CCC(C(=C)N(/C=C/C1=C(C=C)c2ccccc2C1(c1ccccc1)c1ccccc1)c1cccc(-c2ccc3c(ccc4ccccc43)c2)c1)c1ccccc1. The van der Waals surface area contributed by atoms with Crippen LogP contribution in [-0.4, -0.2) is 0 Å². The van der Waals surface area contributed by atoms with E-state index in [0.717, 1.165) is 34.5 Å². The van der Waals surface area contributed by atoms with E-state index in [1.54, 1.807) is 0 Å². The molecule has 58 heavy (non-hydrogen) atoms. The molecule has 0 radical (unpaired) electrons. The molecular formula is C57H45N. The zero-order valence-electron chi connectivity index (χ0n) is 32.6. The lowest BCUT2D eigenvalue weighted by Gasteiger charge is -2.35. The van der Waals surface area contributed by atoms with Crippen molar-refractivity contribution in [2.75, 3.05) is 4.90 Å². The van der Waals surface area contributed by atoms with E-state index < -0.39 is 5.41 Å². The first-order valence-electron chi connectivity index (χ1n) is 20.0. The van der Waals surface area contributed by atoms with Crippen LogP contribution in [0.1, 0.15) is 40.2 Å². The quantitative estimate of drug-likeness (QED) is 0.0890. The number of allylic oxidation sites excluding steroid dienone is 6. The summed E-state index contributed by atoms with van der Waals surface area (Å²) in [6, 6.07) is 70.0. The molecule has 0 saturated carbocycles. The Morgan fingerprint density at radius 3 is 1.91 bits per heavy atom. The van der Waals surface area contributed by atoms with E-state index in [4.69, 9.17) is 6.58 Å². The predicted molar refractivity (Wildman–Crippen MR) is 248 cm³/mol. The molecule has 1 atom stereocenters. The van der Waals surface area contributed by atoms with Crippen LogP contribution in [-0.2, 0) is 5.41 Å². The Bertz CT molecular complexity index is 2820. The fourth-order valence-electron chi connectivity index (χ4n) is 9.15. The Morgan fingerprint density at radius 2 is 1.19 bits per heavy atom. The normalized spacial score (nSPS) is 13.7. The van der Waals surface area contributed by atoms with Crippen LogP contribution < -0.4 is 4.90 Å². The van der Waals surface area contributed by atoms with Gasteiger partial charge < -0.3 is 4.90 Å². The van der Waals surface area contributed by atoms with Crippen LogP contribution in [0.4, 0.5) is 5.69 Å². The Morgan fingerprint density at radius 1 is 0.569 bits per heavy atom. The third-order valence-electron chi connectivity index (χ3n) is 11.8. The lowest BCUT2D eigenvalue weighted by molar-refractivity contribution is 0.758. The maximum absolute atomic E-state index is 4.87. The zero-order valence-corrected chi connectivity index (χ0v) is 32.6. The van der Waals surface area contributed by atoms with Crippen LogP contribution in [0.3, 0.4) is 0 Å². The summed E-state index contributed by atoms with van der Waals surface area (Å²) in [5.41, 5.74) is 12.0. The number of anilines is 1. The van der Waals surface area contributed by atoms with Gasteiger partial charge in [0.05, 0.1) is 5.41 Å². The van der Waals surface area contributed by atoms with Gasteiger partial charge in [-0.05, 0) is 102 Å². The first kappa shape index (κ1) is 36.4. The van der Waals surface area contributed by atoms with E-state index >= 15 is 0 Å². The summed E-state index contributed by atoms with van der Waals surface area (Å²) in [5, 5.41) is 5.00. The van der Waals surface area contributed by atoms with E-state index in [0.29, 0.717) is 0 Å². The molecule has 0 bridgehead atoms. The van der Waals surface area contributed by atoms with Gasteiger partial charge in [0, 0.05) is 23.5 Å². The highest BCUT2D eigenvalue weighted by Gasteiger charge is 2.46. The summed E-state index contributed by atoms with van der Waals surface area (Å²) in [4.78, 5) is 2.29. The molecule has 1 nitrogen and oxygen atoms in total. The molecule has 0 saturated heterocycles. The summed E-state index contributed by atoms with van der Waals surface area (Å²) in [7, 11) is 0. The summed E-state index contributed by atoms with van der Waals surface area (Å²) < 4.78 is 0. The molecule has 8 aromatic rings. The van der Waals surface area contributed by atoms with Crippen molar-refractivity contribution in [1.29, 1.82) is 0 Å². The zero-order chi connectivity index (χ0) is 39.5. The Hall–Kier alpha value is -7.22. The van der Waals surface area contributed by atoms with E-state index in [1.807, 2.05) is 12.2 Å². The fourth-order valence-corrected chi connectivity index (χ4v) is 9.15. The molecule has 1 unspecified atom stereocenters. The number of hydrogen-bond acceptors (Lipinski definition) is 1. The van der Waals surface area contributed by atoms with Gasteiger partial charge in [0.25, 0.3) is 0 Å². The number of hydrogen-bond donors (Lipinski definition) is 0. The first-order chi connectivity index (χ1) is 28.6. The Kier molecular flexibility index (Phi) is 9.88. The second-order valence-electron chi connectivity index (χ2n) is 15.0. The van der Waals surface area contributed by atoms with Crippen LogP contribution in [0.5, 0.6) is 0 Å². The number of rotatable bonds is 12. The molecule has 1 aliphatic rings. The fraction of sp³-hybridized carbons (Fsp3) is 0.0526. The van der Waals surface area contributed by atoms with Crippen molar-refractivity contribution in [3.05, 3.63) is 277 Å².